The Bertz CT molecular complexity index is 458. The first kappa shape index (κ1) is 14.7. The second kappa shape index (κ2) is 7.15. The molecule has 0 unspecified atom stereocenters. The van der Waals surface area contributed by atoms with Crippen molar-refractivity contribution in [2.45, 2.75) is 0 Å². The molecule has 1 aliphatic heterocycles. The molecule has 0 radical (unpaired) electrons. The van der Waals surface area contributed by atoms with E-state index in [1.807, 2.05) is 0 Å². The van der Waals surface area contributed by atoms with Crippen molar-refractivity contribution in [3.05, 3.63) is 11.1 Å². The van der Waals surface area contributed by atoms with Gasteiger partial charge >= 0.3 is 6.01 Å². The van der Waals surface area contributed by atoms with Crippen LogP contribution in [0.1, 0.15) is 5.82 Å². The lowest BCUT2D eigenvalue weighted by Gasteiger charge is -2.25. The van der Waals surface area contributed by atoms with Crippen LogP contribution in [0.2, 0.25) is 5.28 Å². The minimum Gasteiger partial charge on any atom is -0.467 e. The number of methoxy groups -OCH3 is 1. The third-order valence-corrected chi connectivity index (χ3v) is 3.71. The van der Waals surface area contributed by atoms with E-state index in [9.17, 15) is 0 Å². The Balaban J connectivity index is 1.93. The molecule has 1 N–H and O–H groups in total. The van der Waals surface area contributed by atoms with Gasteiger partial charge in [0.15, 0.2) is 10.8 Å². The number of nitrogens with one attached hydrogen (secondary N) is 1. The van der Waals surface area contributed by atoms with Gasteiger partial charge in [-0.1, -0.05) is 12.2 Å². The summed E-state index contributed by atoms with van der Waals surface area (Å²) >= 11 is 12.4. The van der Waals surface area contributed by atoms with Gasteiger partial charge in [0.25, 0.3) is 0 Å². The van der Waals surface area contributed by atoms with Crippen molar-refractivity contribution in [2.75, 3.05) is 33.4 Å². The van der Waals surface area contributed by atoms with Crippen molar-refractivity contribution in [1.82, 2.24) is 24.0 Å². The number of morpholine rings is 1. The van der Waals surface area contributed by atoms with E-state index in [0.29, 0.717) is 18.2 Å². The van der Waals surface area contributed by atoms with E-state index in [-0.39, 0.29) is 17.1 Å². The van der Waals surface area contributed by atoms with Crippen LogP contribution >= 0.6 is 36.0 Å². The van der Waals surface area contributed by atoms with Crippen molar-refractivity contribution >= 4 is 40.9 Å². The molecule has 0 spiro atoms. The molecule has 1 aromatic rings. The molecule has 10 heteroatoms. The van der Waals surface area contributed by atoms with Crippen LogP contribution in [0.15, 0.2) is 0 Å². The Morgan fingerprint density at radius 1 is 1.42 bits per heavy atom. The van der Waals surface area contributed by atoms with E-state index in [1.54, 1.807) is 0 Å². The SMILES string of the molecule is COc1nc(Cl)nc(C(=S)NSN2CCOCC2)n1. The summed E-state index contributed by atoms with van der Waals surface area (Å²) in [6, 6.07) is 0.135. The Kier molecular flexibility index (Phi) is 5.52. The fourth-order valence-corrected chi connectivity index (χ4v) is 2.30. The molecule has 0 atom stereocenters. The van der Waals surface area contributed by atoms with Gasteiger partial charge in [-0.3, -0.25) is 0 Å². The average Bonchev–Trinajstić information content (AvgIpc) is 2.45. The fraction of sp³-hybridized carbons (Fsp3) is 0.556. The van der Waals surface area contributed by atoms with Crippen molar-refractivity contribution in [3.8, 4) is 6.01 Å². The van der Waals surface area contributed by atoms with Gasteiger partial charge in [-0.25, -0.2) is 4.31 Å². The van der Waals surface area contributed by atoms with Crippen molar-refractivity contribution in [3.63, 3.8) is 0 Å². The van der Waals surface area contributed by atoms with Gasteiger partial charge in [-0.05, 0) is 11.6 Å². The van der Waals surface area contributed by atoms with Gasteiger partial charge in [0.05, 0.1) is 20.3 Å². The van der Waals surface area contributed by atoms with Crippen LogP contribution in [0.5, 0.6) is 6.01 Å². The van der Waals surface area contributed by atoms with Crippen molar-refractivity contribution < 1.29 is 9.47 Å². The van der Waals surface area contributed by atoms with Crippen LogP contribution in [-0.4, -0.2) is 57.7 Å². The van der Waals surface area contributed by atoms with Gasteiger partial charge in [0.1, 0.15) is 0 Å². The highest BCUT2D eigenvalue weighted by Crippen LogP contribution is 2.11. The Labute approximate surface area is 125 Å². The number of hydrogen-bond donors (Lipinski definition) is 1. The van der Waals surface area contributed by atoms with Gasteiger partial charge in [-0.2, -0.15) is 15.0 Å². The molecule has 1 fully saturated rings. The smallest absolute Gasteiger partial charge is 0.321 e. The second-order valence-corrected chi connectivity index (χ2v) is 5.13. The molecule has 2 heterocycles. The fourth-order valence-electron chi connectivity index (χ4n) is 1.31. The molecule has 0 saturated carbocycles. The van der Waals surface area contributed by atoms with Gasteiger partial charge < -0.3 is 14.2 Å². The molecular formula is C9H12ClN5O2S2. The minimum absolute atomic E-state index is 0.0439. The first-order chi connectivity index (χ1) is 9.19. The number of halogens is 1. The monoisotopic (exact) mass is 321 g/mol. The predicted molar refractivity (Wildman–Crippen MR) is 76.2 cm³/mol. The lowest BCUT2D eigenvalue weighted by atomic mass is 10.5. The largest absolute Gasteiger partial charge is 0.467 e. The van der Waals surface area contributed by atoms with Crippen LogP contribution in [-0.2, 0) is 4.74 Å². The first-order valence-electron chi connectivity index (χ1n) is 5.44. The molecule has 1 aromatic heterocycles. The summed E-state index contributed by atoms with van der Waals surface area (Å²) in [7, 11) is 1.45. The third kappa shape index (κ3) is 4.39. The number of rotatable bonds is 4. The molecule has 1 aliphatic rings. The van der Waals surface area contributed by atoms with E-state index in [0.717, 1.165) is 13.1 Å². The van der Waals surface area contributed by atoms with Crippen LogP contribution in [0.3, 0.4) is 0 Å². The summed E-state index contributed by atoms with van der Waals surface area (Å²) < 4.78 is 15.3. The normalized spacial score (nSPS) is 16.1. The molecule has 19 heavy (non-hydrogen) atoms. The molecular weight excluding hydrogens is 310 g/mol. The molecule has 2 rings (SSSR count). The zero-order valence-corrected chi connectivity index (χ0v) is 12.5. The molecule has 0 bridgehead atoms. The van der Waals surface area contributed by atoms with Gasteiger partial charge in [0.2, 0.25) is 5.28 Å². The minimum atomic E-state index is 0.0439. The molecule has 7 nitrogen and oxygen atoms in total. The van der Waals surface area contributed by atoms with Crippen LogP contribution in [0.4, 0.5) is 0 Å². The zero-order chi connectivity index (χ0) is 13.7. The maximum absolute atomic E-state index is 5.76. The summed E-state index contributed by atoms with van der Waals surface area (Å²) in [4.78, 5) is 12.1. The van der Waals surface area contributed by atoms with E-state index >= 15 is 0 Å². The standard InChI is InChI=1S/C9H12ClN5O2S2/c1-16-9-12-6(11-8(10)13-9)7(18)14-19-15-2-4-17-5-3-15/h2-5H2,1H3,(H,14,18). The lowest BCUT2D eigenvalue weighted by Crippen LogP contribution is -2.34. The van der Waals surface area contributed by atoms with E-state index < -0.39 is 0 Å². The third-order valence-electron chi connectivity index (χ3n) is 2.21. The summed E-state index contributed by atoms with van der Waals surface area (Å²) in [5, 5.41) is 0.0439. The first-order valence-corrected chi connectivity index (χ1v) is 7.00. The zero-order valence-electron chi connectivity index (χ0n) is 10.1. The molecule has 1 saturated heterocycles. The number of hydrogen-bond acceptors (Lipinski definition) is 8. The number of ether oxygens (including phenoxy) is 2. The van der Waals surface area contributed by atoms with Gasteiger partial charge in [0, 0.05) is 25.2 Å². The highest BCUT2D eigenvalue weighted by Gasteiger charge is 2.14. The lowest BCUT2D eigenvalue weighted by molar-refractivity contribution is 0.0772. The molecule has 104 valence electrons. The summed E-state index contributed by atoms with van der Waals surface area (Å²) in [6.45, 7) is 3.10. The predicted octanol–water partition coefficient (Wildman–Crippen LogP) is 0.694. The van der Waals surface area contributed by atoms with E-state index in [1.165, 1.54) is 19.2 Å². The maximum Gasteiger partial charge on any atom is 0.321 e. The Morgan fingerprint density at radius 2 is 2.16 bits per heavy atom. The Morgan fingerprint density at radius 3 is 2.84 bits per heavy atom. The van der Waals surface area contributed by atoms with Crippen LogP contribution in [0, 0.1) is 0 Å². The van der Waals surface area contributed by atoms with Crippen LogP contribution in [0.25, 0.3) is 0 Å². The quantitative estimate of drug-likeness (QED) is 0.637. The second-order valence-electron chi connectivity index (χ2n) is 3.48. The number of nitrogens with zero attached hydrogens (tertiary/aromatic N) is 4. The number of thiocarbonyl (C=S) groups is 1. The molecule has 0 aromatic carbocycles. The summed E-state index contributed by atoms with van der Waals surface area (Å²) in [5.41, 5.74) is 0. The Hall–Kier alpha value is -0.740. The van der Waals surface area contributed by atoms with E-state index in [2.05, 4.69) is 24.0 Å². The molecule has 0 amide bonds. The summed E-state index contributed by atoms with van der Waals surface area (Å²) in [6.07, 6.45) is 0. The van der Waals surface area contributed by atoms with Crippen molar-refractivity contribution in [1.29, 1.82) is 0 Å². The highest BCUT2D eigenvalue weighted by molar-refractivity contribution is 7.96. The van der Waals surface area contributed by atoms with Gasteiger partial charge in [-0.15, -0.1) is 0 Å². The average molecular weight is 322 g/mol. The number of aromatic nitrogens is 3. The van der Waals surface area contributed by atoms with Crippen LogP contribution < -0.4 is 9.46 Å². The molecule has 0 aliphatic carbocycles. The van der Waals surface area contributed by atoms with E-state index in [4.69, 9.17) is 33.3 Å². The van der Waals surface area contributed by atoms with Crippen molar-refractivity contribution in [2.24, 2.45) is 0 Å². The summed E-state index contributed by atoms with van der Waals surface area (Å²) in [5.74, 6) is 0.285. The topological polar surface area (TPSA) is 72.4 Å². The highest BCUT2D eigenvalue weighted by atomic mass is 35.5. The maximum atomic E-state index is 5.76.